The van der Waals surface area contributed by atoms with Crippen molar-refractivity contribution in [3.05, 3.63) is 95.2 Å². The second kappa shape index (κ2) is 6.44. The number of carbonyl (C=O) groups is 1. The lowest BCUT2D eigenvalue weighted by Crippen LogP contribution is -2.30. The molecule has 3 rings (SSSR count). The third-order valence-electron chi connectivity index (χ3n) is 4.06. The molecule has 0 bridgehead atoms. The molecule has 0 spiro atoms. The highest BCUT2D eigenvalue weighted by atomic mass is 16.1. The summed E-state index contributed by atoms with van der Waals surface area (Å²) in [5.41, 5.74) is 8.99. The van der Waals surface area contributed by atoms with Gasteiger partial charge in [-0.3, -0.25) is 4.79 Å². The summed E-state index contributed by atoms with van der Waals surface area (Å²) in [6.07, 6.45) is 4.01. The molecule has 3 heteroatoms. The fourth-order valence-electron chi connectivity index (χ4n) is 2.79. The number of nitrogens with two attached hydrogens (primary N) is 1. The first kappa shape index (κ1) is 15.0. The summed E-state index contributed by atoms with van der Waals surface area (Å²) in [7, 11) is 0. The lowest BCUT2D eigenvalue weighted by molar-refractivity contribution is 0.102. The van der Waals surface area contributed by atoms with Crippen LogP contribution < -0.4 is 5.73 Å². The zero-order valence-electron chi connectivity index (χ0n) is 12.7. The van der Waals surface area contributed by atoms with Gasteiger partial charge in [-0.05, 0) is 18.1 Å². The average Bonchev–Trinajstić information content (AvgIpc) is 2.60. The molecule has 114 valence electrons. The molecule has 3 N–H and O–H groups in total. The summed E-state index contributed by atoms with van der Waals surface area (Å²) >= 11 is 0. The van der Waals surface area contributed by atoms with Crippen LogP contribution in [0.1, 0.15) is 15.9 Å². The van der Waals surface area contributed by atoms with Gasteiger partial charge >= 0.3 is 0 Å². The molecule has 0 saturated heterocycles. The number of benzene rings is 2. The summed E-state index contributed by atoms with van der Waals surface area (Å²) < 4.78 is 0. The van der Waals surface area contributed by atoms with E-state index in [2.05, 4.69) is 0 Å². The molecule has 1 aliphatic rings. The molecule has 0 heterocycles. The Kier molecular flexibility index (Phi) is 4.20. The topological polar surface area (TPSA) is 66.9 Å². The van der Waals surface area contributed by atoms with Gasteiger partial charge in [0.15, 0.2) is 5.78 Å². The first-order chi connectivity index (χ1) is 11.2. The van der Waals surface area contributed by atoms with E-state index in [1.165, 1.54) is 0 Å². The third-order valence-corrected chi connectivity index (χ3v) is 4.06. The summed E-state index contributed by atoms with van der Waals surface area (Å²) in [6.45, 7) is 0. The van der Waals surface area contributed by atoms with Crippen molar-refractivity contribution in [3.8, 4) is 0 Å². The molecular formula is C20H18N2O. The predicted octanol–water partition coefficient (Wildman–Crippen LogP) is 3.53. The van der Waals surface area contributed by atoms with Crippen LogP contribution in [-0.2, 0) is 6.42 Å². The highest BCUT2D eigenvalue weighted by Crippen LogP contribution is 2.27. The highest BCUT2D eigenvalue weighted by molar-refractivity contribution is 6.16. The largest absolute Gasteiger partial charge is 0.397 e. The van der Waals surface area contributed by atoms with E-state index in [4.69, 9.17) is 11.1 Å². The molecule has 2 aromatic rings. The average molecular weight is 302 g/mol. The number of rotatable bonds is 4. The minimum Gasteiger partial charge on any atom is -0.397 e. The Balaban J connectivity index is 1.95. The van der Waals surface area contributed by atoms with E-state index in [0.717, 1.165) is 5.56 Å². The number of Topliss-reactive ketones (excluding diaryl/α,β-unsaturated/α-hetero) is 1. The van der Waals surface area contributed by atoms with Crippen molar-refractivity contribution < 1.29 is 4.79 Å². The molecule has 0 amide bonds. The van der Waals surface area contributed by atoms with Crippen molar-refractivity contribution in [2.24, 2.45) is 11.7 Å². The molecule has 23 heavy (non-hydrogen) atoms. The normalized spacial score (nSPS) is 17.4. The van der Waals surface area contributed by atoms with Gasteiger partial charge in [0.2, 0.25) is 0 Å². The van der Waals surface area contributed by atoms with E-state index in [-0.39, 0.29) is 11.7 Å². The van der Waals surface area contributed by atoms with Gasteiger partial charge in [0.1, 0.15) is 0 Å². The maximum Gasteiger partial charge on any atom is 0.189 e. The van der Waals surface area contributed by atoms with Crippen LogP contribution in [0.15, 0.2) is 84.1 Å². The van der Waals surface area contributed by atoms with Gasteiger partial charge in [0.25, 0.3) is 0 Å². The van der Waals surface area contributed by atoms with E-state index < -0.39 is 0 Å². The molecular weight excluding hydrogens is 284 g/mol. The fraction of sp³-hybridized carbons (Fsp3) is 0.100. The minimum atomic E-state index is -0.310. The van der Waals surface area contributed by atoms with Crippen LogP contribution in [0.4, 0.5) is 0 Å². The van der Waals surface area contributed by atoms with Crippen molar-refractivity contribution in [3.63, 3.8) is 0 Å². The van der Waals surface area contributed by atoms with Gasteiger partial charge in [0.05, 0.1) is 11.4 Å². The van der Waals surface area contributed by atoms with Gasteiger partial charge in [0, 0.05) is 17.1 Å². The summed E-state index contributed by atoms with van der Waals surface area (Å²) in [5, 5.41) is 8.30. The van der Waals surface area contributed by atoms with E-state index in [0.29, 0.717) is 29.0 Å². The zero-order valence-corrected chi connectivity index (χ0v) is 12.7. The van der Waals surface area contributed by atoms with Crippen LogP contribution in [-0.4, -0.2) is 11.5 Å². The zero-order chi connectivity index (χ0) is 16.2. The SMILES string of the molecule is N=C1C(N)=CC=C(C(=O)c2ccccc2)C1Cc1ccccc1. The Bertz CT molecular complexity index is 789. The molecule has 1 aliphatic carbocycles. The van der Waals surface area contributed by atoms with Gasteiger partial charge in [-0.1, -0.05) is 66.7 Å². The van der Waals surface area contributed by atoms with E-state index in [1.807, 2.05) is 48.5 Å². The highest BCUT2D eigenvalue weighted by Gasteiger charge is 2.29. The van der Waals surface area contributed by atoms with Crippen LogP contribution in [0.25, 0.3) is 0 Å². The molecule has 0 saturated carbocycles. The van der Waals surface area contributed by atoms with Crippen molar-refractivity contribution >= 4 is 11.5 Å². The van der Waals surface area contributed by atoms with Crippen molar-refractivity contribution in [2.45, 2.75) is 6.42 Å². The number of nitrogens with one attached hydrogen (secondary N) is 1. The molecule has 3 nitrogen and oxygen atoms in total. The molecule has 0 aromatic heterocycles. The van der Waals surface area contributed by atoms with Crippen LogP contribution in [0.2, 0.25) is 0 Å². The molecule has 1 atom stereocenters. The molecule has 0 fully saturated rings. The summed E-state index contributed by atoms with van der Waals surface area (Å²) in [5.74, 6) is -0.352. The Labute approximate surface area is 135 Å². The molecule has 1 unspecified atom stereocenters. The monoisotopic (exact) mass is 302 g/mol. The van der Waals surface area contributed by atoms with Gasteiger partial charge in [-0.15, -0.1) is 0 Å². The van der Waals surface area contributed by atoms with Crippen molar-refractivity contribution in [1.82, 2.24) is 0 Å². The lowest BCUT2D eigenvalue weighted by atomic mass is 9.80. The Morgan fingerprint density at radius 1 is 0.957 bits per heavy atom. The minimum absolute atomic E-state index is 0.0416. The Morgan fingerprint density at radius 3 is 2.22 bits per heavy atom. The first-order valence-corrected chi connectivity index (χ1v) is 7.56. The number of allylic oxidation sites excluding steroid dienone is 4. The smallest absolute Gasteiger partial charge is 0.189 e. The molecule has 2 aromatic carbocycles. The summed E-state index contributed by atoms with van der Waals surface area (Å²) in [6, 6.07) is 19.1. The molecule has 0 radical (unpaired) electrons. The van der Waals surface area contributed by atoms with E-state index in [9.17, 15) is 4.79 Å². The van der Waals surface area contributed by atoms with Gasteiger partial charge in [-0.25, -0.2) is 0 Å². The third kappa shape index (κ3) is 3.14. The second-order valence-corrected chi connectivity index (χ2v) is 5.60. The fourth-order valence-corrected chi connectivity index (χ4v) is 2.79. The van der Waals surface area contributed by atoms with Gasteiger partial charge < -0.3 is 11.1 Å². The number of hydrogen-bond acceptors (Lipinski definition) is 3. The second-order valence-electron chi connectivity index (χ2n) is 5.60. The predicted molar refractivity (Wildman–Crippen MR) is 92.5 cm³/mol. The number of hydrogen-bond donors (Lipinski definition) is 2. The Morgan fingerprint density at radius 2 is 1.57 bits per heavy atom. The van der Waals surface area contributed by atoms with Crippen LogP contribution in [0.5, 0.6) is 0 Å². The first-order valence-electron chi connectivity index (χ1n) is 7.56. The maximum atomic E-state index is 12.8. The van der Waals surface area contributed by atoms with Crippen LogP contribution in [0, 0.1) is 11.3 Å². The number of carbonyl (C=O) groups excluding carboxylic acids is 1. The van der Waals surface area contributed by atoms with Crippen LogP contribution in [0.3, 0.4) is 0 Å². The van der Waals surface area contributed by atoms with E-state index in [1.54, 1.807) is 24.3 Å². The standard InChI is InChI=1S/C20H18N2O/c21-18-12-11-16(20(23)15-9-5-2-6-10-15)17(19(18)22)13-14-7-3-1-4-8-14/h1-12,17,22H,13,21H2. The van der Waals surface area contributed by atoms with Gasteiger partial charge in [-0.2, -0.15) is 0 Å². The maximum absolute atomic E-state index is 12.8. The summed E-state index contributed by atoms with van der Waals surface area (Å²) in [4.78, 5) is 12.8. The lowest BCUT2D eigenvalue weighted by Gasteiger charge is -2.24. The van der Waals surface area contributed by atoms with Crippen LogP contribution >= 0.6 is 0 Å². The number of ketones is 1. The van der Waals surface area contributed by atoms with Crippen molar-refractivity contribution in [1.29, 1.82) is 5.41 Å². The molecule has 0 aliphatic heterocycles. The van der Waals surface area contributed by atoms with E-state index >= 15 is 0 Å². The van der Waals surface area contributed by atoms with Crippen molar-refractivity contribution in [2.75, 3.05) is 0 Å². The Hall–Kier alpha value is -2.94. The quantitative estimate of drug-likeness (QED) is 0.848.